The van der Waals surface area contributed by atoms with E-state index in [0.717, 1.165) is 16.5 Å². The van der Waals surface area contributed by atoms with Crippen LogP contribution >= 0.6 is 0 Å². The summed E-state index contributed by atoms with van der Waals surface area (Å²) in [5.41, 5.74) is -12.2. The fourth-order valence-corrected chi connectivity index (χ4v) is 7.20. The number of halogens is 20. The first kappa shape index (κ1) is 47.3. The van der Waals surface area contributed by atoms with E-state index in [4.69, 9.17) is 0 Å². The largest absolute Gasteiger partial charge is 0.269 e. The summed E-state index contributed by atoms with van der Waals surface area (Å²) >= 11 is 0. The average molecular weight is 944 g/mol. The Morgan fingerprint density at radius 3 is 1.05 bits per heavy atom. The van der Waals surface area contributed by atoms with Gasteiger partial charge in [-0.25, -0.2) is 87.8 Å². The summed E-state index contributed by atoms with van der Waals surface area (Å²) in [6.45, 7) is 0.614. The van der Waals surface area contributed by atoms with E-state index < -0.39 is 144 Å². The second-order valence-corrected chi connectivity index (χ2v) is 13.4. The van der Waals surface area contributed by atoms with Crippen LogP contribution in [0.3, 0.4) is 0 Å². The molecule has 0 radical (unpaired) electrons. The highest BCUT2D eigenvalue weighted by Gasteiger charge is 2.52. The Kier molecular flexibility index (Phi) is 12.7. The zero-order valence-corrected chi connectivity index (χ0v) is 30.9. The Labute approximate surface area is 347 Å². The maximum atomic E-state index is 15.4. The lowest BCUT2D eigenvalue weighted by Crippen LogP contribution is -2.81. The SMILES string of the molecule is Fc1c(F)c(F)c([B-](c2c(F)c(F)c(F)c(F)c2F)(c2c(F)c(F)c(F)c(F)c2F)c2c(F)c(F)c(F)c(F)c2F)c(F)c1F.O=[N+]([O-])c1cccc(C[n+]2cccc3ccccc32)c1. The van der Waals surface area contributed by atoms with Crippen molar-refractivity contribution in [3.63, 3.8) is 0 Å². The van der Waals surface area contributed by atoms with Gasteiger partial charge < -0.3 is 0 Å². The molecule has 65 heavy (non-hydrogen) atoms. The van der Waals surface area contributed by atoms with E-state index in [-0.39, 0.29) is 10.6 Å². The Hall–Kier alpha value is -7.21. The van der Waals surface area contributed by atoms with Crippen molar-refractivity contribution >= 4 is 44.6 Å². The third kappa shape index (κ3) is 7.40. The zero-order valence-electron chi connectivity index (χ0n) is 30.9. The lowest BCUT2D eigenvalue weighted by Gasteiger charge is -2.44. The van der Waals surface area contributed by atoms with E-state index >= 15 is 35.1 Å². The number of benzene rings is 6. The maximum Gasteiger partial charge on any atom is 0.269 e. The van der Waals surface area contributed by atoms with Gasteiger partial charge in [-0.2, -0.15) is 4.57 Å². The normalized spacial score (nSPS) is 11.6. The molecule has 0 aliphatic carbocycles. The topological polar surface area (TPSA) is 47.0 Å². The predicted molar refractivity (Wildman–Crippen MR) is 186 cm³/mol. The van der Waals surface area contributed by atoms with Gasteiger partial charge in [0.25, 0.3) is 5.69 Å². The monoisotopic (exact) mass is 944 g/mol. The van der Waals surface area contributed by atoms with E-state index in [2.05, 4.69) is 16.7 Å². The first-order valence-electron chi connectivity index (χ1n) is 17.3. The van der Waals surface area contributed by atoms with Gasteiger partial charge in [0.1, 0.15) is 52.7 Å². The molecule has 0 aliphatic rings. The predicted octanol–water partition coefficient (Wildman–Crippen LogP) is 8.93. The molecule has 7 rings (SSSR count). The molecule has 0 saturated carbocycles. The summed E-state index contributed by atoms with van der Waals surface area (Å²) in [5, 5.41) is 12.0. The van der Waals surface area contributed by atoms with Gasteiger partial charge in [0.2, 0.25) is 5.52 Å². The second-order valence-electron chi connectivity index (χ2n) is 13.4. The number of nitro groups is 1. The van der Waals surface area contributed by atoms with Crippen molar-refractivity contribution < 1.29 is 97.3 Å². The van der Waals surface area contributed by atoms with Crippen LogP contribution in [0.1, 0.15) is 5.56 Å². The van der Waals surface area contributed by atoms with Gasteiger partial charge in [0.15, 0.2) is 82.5 Å². The lowest BCUT2D eigenvalue weighted by molar-refractivity contribution is -0.662. The minimum absolute atomic E-state index is 0.128. The summed E-state index contributed by atoms with van der Waals surface area (Å²) in [6.07, 6.45) is -5.23. The van der Waals surface area contributed by atoms with Crippen molar-refractivity contribution in [2.45, 2.75) is 6.54 Å². The molecule has 0 bridgehead atoms. The molecule has 338 valence electrons. The number of nitro benzene ring substituents is 1. The van der Waals surface area contributed by atoms with E-state index in [0.29, 0.717) is 6.54 Å². The van der Waals surface area contributed by atoms with Gasteiger partial charge in [-0.3, -0.25) is 10.1 Å². The molecule has 0 saturated heterocycles. The standard InChI is InChI=1S/C24BF20.C16H13N2O2/c26-5-1(6(27)14(35)21(42)13(5)34)25(2-7(28)15(36)22(43)16(37)8(2)29,3-9(30)17(38)23(44)18(39)10(3)31)4-11(32)19(40)24(45)20(41)12(4)33;19-18(20)15-8-3-5-13(11-15)12-17-10-4-7-14-6-1-2-9-16(14)17/h;1-11H,12H2/q-1;+1. The van der Waals surface area contributed by atoms with Crippen LogP contribution in [0.25, 0.3) is 10.9 Å². The van der Waals surface area contributed by atoms with Crippen LogP contribution in [0.2, 0.25) is 0 Å². The quantitative estimate of drug-likeness (QED) is 0.0305. The van der Waals surface area contributed by atoms with Crippen molar-refractivity contribution in [2.24, 2.45) is 0 Å². The molecular formula is C40H13BF20N2O2. The van der Waals surface area contributed by atoms with Gasteiger partial charge in [-0.05, 0) is 12.1 Å². The number of para-hydroxylation sites is 1. The smallest absolute Gasteiger partial charge is 0.258 e. The summed E-state index contributed by atoms with van der Waals surface area (Å²) < 4.78 is 296. The van der Waals surface area contributed by atoms with E-state index in [1.54, 1.807) is 12.1 Å². The molecule has 1 heterocycles. The highest BCUT2D eigenvalue weighted by Crippen LogP contribution is 2.31. The molecule has 7 aromatic rings. The number of hydrogen-bond acceptors (Lipinski definition) is 2. The van der Waals surface area contributed by atoms with E-state index in [1.807, 2.05) is 36.5 Å². The maximum absolute atomic E-state index is 15.4. The van der Waals surface area contributed by atoms with Crippen LogP contribution in [-0.2, 0) is 6.54 Å². The molecule has 0 fully saturated rings. The molecule has 0 amide bonds. The van der Waals surface area contributed by atoms with Crippen molar-refractivity contribution in [3.05, 3.63) is 199 Å². The Morgan fingerprint density at radius 2 is 0.708 bits per heavy atom. The number of rotatable bonds is 7. The van der Waals surface area contributed by atoms with Crippen molar-refractivity contribution in [3.8, 4) is 0 Å². The minimum Gasteiger partial charge on any atom is -0.258 e. The summed E-state index contributed by atoms with van der Waals surface area (Å²) in [7, 11) is 0. The van der Waals surface area contributed by atoms with Gasteiger partial charge in [0, 0.05) is 35.2 Å². The lowest BCUT2D eigenvalue weighted by atomic mass is 9.12. The third-order valence-corrected chi connectivity index (χ3v) is 9.97. The number of aromatic nitrogens is 1. The minimum atomic E-state index is -7.22. The van der Waals surface area contributed by atoms with E-state index in [1.165, 1.54) is 6.07 Å². The summed E-state index contributed by atoms with van der Waals surface area (Å²) in [5.74, 6) is -71.4. The molecule has 6 aromatic carbocycles. The van der Waals surface area contributed by atoms with Crippen LogP contribution in [-0.4, -0.2) is 11.1 Å². The second kappa shape index (κ2) is 17.4. The Morgan fingerprint density at radius 1 is 0.400 bits per heavy atom. The van der Waals surface area contributed by atoms with Crippen LogP contribution < -0.4 is 26.4 Å². The van der Waals surface area contributed by atoms with E-state index in [9.17, 15) is 62.8 Å². The number of hydrogen-bond donors (Lipinski definition) is 0. The third-order valence-electron chi connectivity index (χ3n) is 9.97. The molecule has 0 unspecified atom stereocenters. The van der Waals surface area contributed by atoms with Crippen LogP contribution in [0.4, 0.5) is 93.5 Å². The van der Waals surface area contributed by atoms with Crippen LogP contribution in [0, 0.1) is 126 Å². The molecule has 0 spiro atoms. The Balaban J connectivity index is 0.000000289. The van der Waals surface area contributed by atoms with Gasteiger partial charge in [0.05, 0.1) is 4.92 Å². The summed E-state index contributed by atoms with van der Waals surface area (Å²) in [4.78, 5) is 10.5. The molecule has 1 aromatic heterocycles. The summed E-state index contributed by atoms with van der Waals surface area (Å²) in [6, 6.07) is 18.9. The molecule has 0 aliphatic heterocycles. The first-order valence-corrected chi connectivity index (χ1v) is 17.3. The highest BCUT2D eigenvalue weighted by molar-refractivity contribution is 7.20. The highest BCUT2D eigenvalue weighted by atomic mass is 19.2. The van der Waals surface area contributed by atoms with Crippen molar-refractivity contribution in [2.75, 3.05) is 0 Å². The number of fused-ring (bicyclic) bond motifs is 1. The van der Waals surface area contributed by atoms with Crippen molar-refractivity contribution in [1.82, 2.24) is 0 Å². The molecule has 25 heteroatoms. The first-order chi connectivity index (χ1) is 30.4. The molecule has 0 atom stereocenters. The number of nitrogens with zero attached hydrogens (tertiary/aromatic N) is 2. The van der Waals surface area contributed by atoms with Gasteiger partial charge >= 0.3 is 0 Å². The number of non-ortho nitro benzene ring substituents is 1. The van der Waals surface area contributed by atoms with Gasteiger partial charge in [-0.1, -0.05) is 24.3 Å². The zero-order chi connectivity index (χ0) is 48.3. The molecular weight excluding hydrogens is 931 g/mol. The van der Waals surface area contributed by atoms with Crippen LogP contribution in [0.15, 0.2) is 66.9 Å². The van der Waals surface area contributed by atoms with Crippen LogP contribution in [0.5, 0.6) is 0 Å². The fraction of sp³-hybridized carbons (Fsp3) is 0.0250. The molecule has 0 N–H and O–H groups in total. The fourth-order valence-electron chi connectivity index (χ4n) is 7.20. The molecule has 4 nitrogen and oxygen atoms in total. The Bertz CT molecular complexity index is 2750. The number of pyridine rings is 1. The average Bonchev–Trinajstić information content (AvgIpc) is 3.29. The van der Waals surface area contributed by atoms with Crippen molar-refractivity contribution in [1.29, 1.82) is 0 Å². The van der Waals surface area contributed by atoms with Gasteiger partial charge in [-0.15, -0.1) is 21.9 Å².